The van der Waals surface area contributed by atoms with Gasteiger partial charge in [0.15, 0.2) is 0 Å². The summed E-state index contributed by atoms with van der Waals surface area (Å²) in [5.41, 5.74) is 0.938. The molecule has 0 saturated carbocycles. The number of sulfonamides is 1. The van der Waals surface area contributed by atoms with Gasteiger partial charge in [-0.05, 0) is 42.3 Å². The Hall–Kier alpha value is -2.52. The van der Waals surface area contributed by atoms with Crippen molar-refractivity contribution in [1.82, 2.24) is 9.29 Å². The van der Waals surface area contributed by atoms with Crippen LogP contribution in [0.4, 0.5) is 15.9 Å². The topological polar surface area (TPSA) is 73.8 Å². The van der Waals surface area contributed by atoms with Gasteiger partial charge in [0.25, 0.3) is 0 Å². The highest BCUT2D eigenvalue weighted by Gasteiger charge is 2.31. The summed E-state index contributed by atoms with van der Waals surface area (Å²) in [6.45, 7) is 8.12. The molecule has 32 heavy (non-hydrogen) atoms. The van der Waals surface area contributed by atoms with Crippen molar-refractivity contribution in [2.24, 2.45) is 5.41 Å². The Kier molecular flexibility index (Phi) is 7.19. The number of hydrogen-bond acceptors (Lipinski definition) is 5. The number of hydrogen-bond donors (Lipinski definition) is 0. The number of aromatic nitrogens is 1. The second-order valence-electron chi connectivity index (χ2n) is 8.78. The molecule has 1 aliphatic rings. The number of nitrogens with zero attached hydrogens (tertiary/aromatic N) is 4. The number of benzene rings is 1. The standard InChI is InChI=1S/C23H31FN4O3S/c1-5-23(2,3)22(29)28(20-9-7-19(24)8-10-20)17-18-6-11-21(25-16-18)26-12-14-27(15-13-26)32(4,30)31/h6-11,16H,5,12-15,17H2,1-4H3. The van der Waals surface area contributed by atoms with Gasteiger partial charge in [0.1, 0.15) is 11.6 Å². The molecule has 1 aromatic carbocycles. The maximum atomic E-state index is 13.4. The van der Waals surface area contributed by atoms with E-state index in [-0.39, 0.29) is 11.7 Å². The third-order valence-corrected chi connectivity index (χ3v) is 7.33. The van der Waals surface area contributed by atoms with Crippen LogP contribution in [0.1, 0.15) is 32.8 Å². The molecular formula is C23H31FN4O3S. The first-order valence-electron chi connectivity index (χ1n) is 10.7. The Bertz CT molecular complexity index is 1030. The Balaban J connectivity index is 1.76. The lowest BCUT2D eigenvalue weighted by Gasteiger charge is -2.34. The highest BCUT2D eigenvalue weighted by atomic mass is 32.2. The summed E-state index contributed by atoms with van der Waals surface area (Å²) in [7, 11) is -3.18. The molecule has 0 unspecified atom stereocenters. The van der Waals surface area contributed by atoms with E-state index in [2.05, 4.69) is 9.88 Å². The predicted octanol–water partition coefficient (Wildman–Crippen LogP) is 3.27. The molecule has 0 N–H and O–H groups in total. The summed E-state index contributed by atoms with van der Waals surface area (Å²) in [5.74, 6) is 0.390. The molecular weight excluding hydrogens is 431 g/mol. The first-order chi connectivity index (χ1) is 15.0. The van der Waals surface area contributed by atoms with Gasteiger partial charge >= 0.3 is 0 Å². The monoisotopic (exact) mass is 462 g/mol. The van der Waals surface area contributed by atoms with E-state index in [1.807, 2.05) is 32.9 Å². The van der Waals surface area contributed by atoms with Gasteiger partial charge in [0.2, 0.25) is 15.9 Å². The van der Waals surface area contributed by atoms with E-state index in [0.717, 1.165) is 11.4 Å². The van der Waals surface area contributed by atoms with E-state index >= 15 is 0 Å². The van der Waals surface area contributed by atoms with E-state index < -0.39 is 15.4 Å². The Morgan fingerprint density at radius 1 is 1.09 bits per heavy atom. The fraction of sp³-hybridized carbons (Fsp3) is 0.478. The van der Waals surface area contributed by atoms with E-state index in [0.29, 0.717) is 44.8 Å². The van der Waals surface area contributed by atoms with Gasteiger partial charge in [-0.3, -0.25) is 4.79 Å². The van der Waals surface area contributed by atoms with Crippen molar-refractivity contribution in [2.45, 2.75) is 33.7 Å². The smallest absolute Gasteiger partial charge is 0.232 e. The molecule has 1 saturated heterocycles. The minimum Gasteiger partial charge on any atom is -0.354 e. The molecule has 1 fully saturated rings. The maximum absolute atomic E-state index is 13.4. The van der Waals surface area contributed by atoms with Gasteiger partial charge in [-0.15, -0.1) is 0 Å². The van der Waals surface area contributed by atoms with Crippen LogP contribution < -0.4 is 9.80 Å². The average molecular weight is 463 g/mol. The quantitative estimate of drug-likeness (QED) is 0.631. The predicted molar refractivity (Wildman–Crippen MR) is 125 cm³/mol. The minimum atomic E-state index is -3.18. The molecule has 174 valence electrons. The number of anilines is 2. The zero-order chi connectivity index (χ0) is 23.5. The number of halogens is 1. The Labute approximate surface area is 189 Å². The molecule has 9 heteroatoms. The van der Waals surface area contributed by atoms with Crippen LogP contribution in [-0.2, 0) is 21.4 Å². The third kappa shape index (κ3) is 5.63. The molecule has 0 bridgehead atoms. The van der Waals surface area contributed by atoms with Crippen molar-refractivity contribution in [3.05, 3.63) is 54.0 Å². The molecule has 2 aromatic rings. The van der Waals surface area contributed by atoms with Crippen LogP contribution in [0.15, 0.2) is 42.6 Å². The summed E-state index contributed by atoms with van der Waals surface area (Å²) < 4.78 is 38.3. The summed E-state index contributed by atoms with van der Waals surface area (Å²) in [5, 5.41) is 0. The number of rotatable bonds is 7. The van der Waals surface area contributed by atoms with E-state index in [4.69, 9.17) is 0 Å². The van der Waals surface area contributed by atoms with Crippen molar-refractivity contribution >= 4 is 27.4 Å². The molecule has 0 aliphatic carbocycles. The molecule has 0 radical (unpaired) electrons. The minimum absolute atomic E-state index is 0.0346. The highest BCUT2D eigenvalue weighted by Crippen LogP contribution is 2.28. The Morgan fingerprint density at radius 2 is 1.72 bits per heavy atom. The lowest BCUT2D eigenvalue weighted by molar-refractivity contribution is -0.126. The average Bonchev–Trinajstić information content (AvgIpc) is 2.77. The molecule has 1 aromatic heterocycles. The molecule has 2 heterocycles. The van der Waals surface area contributed by atoms with Crippen LogP contribution >= 0.6 is 0 Å². The first-order valence-corrected chi connectivity index (χ1v) is 12.6. The van der Waals surface area contributed by atoms with E-state index in [9.17, 15) is 17.6 Å². The van der Waals surface area contributed by atoms with Gasteiger partial charge in [0.05, 0.1) is 12.8 Å². The van der Waals surface area contributed by atoms with Crippen molar-refractivity contribution < 1.29 is 17.6 Å². The fourth-order valence-electron chi connectivity index (χ4n) is 3.55. The van der Waals surface area contributed by atoms with Crippen LogP contribution in [0.2, 0.25) is 0 Å². The number of carbonyl (C=O) groups excluding carboxylic acids is 1. The molecule has 0 spiro atoms. The van der Waals surface area contributed by atoms with Crippen LogP contribution in [0.5, 0.6) is 0 Å². The number of pyridine rings is 1. The lowest BCUT2D eigenvalue weighted by Crippen LogP contribution is -2.48. The van der Waals surface area contributed by atoms with Gasteiger partial charge in [-0.1, -0.05) is 26.8 Å². The number of piperazine rings is 1. The van der Waals surface area contributed by atoms with Crippen LogP contribution in [0.3, 0.4) is 0 Å². The summed E-state index contributed by atoms with van der Waals surface area (Å²) in [6, 6.07) is 9.75. The number of carbonyl (C=O) groups is 1. The number of amides is 1. The maximum Gasteiger partial charge on any atom is 0.232 e. The molecule has 7 nitrogen and oxygen atoms in total. The van der Waals surface area contributed by atoms with E-state index in [1.165, 1.54) is 22.7 Å². The zero-order valence-corrected chi connectivity index (χ0v) is 19.9. The molecule has 1 amide bonds. The summed E-state index contributed by atoms with van der Waals surface area (Å²) >= 11 is 0. The second kappa shape index (κ2) is 9.54. The second-order valence-corrected chi connectivity index (χ2v) is 10.8. The van der Waals surface area contributed by atoms with Crippen molar-refractivity contribution in [1.29, 1.82) is 0 Å². The Morgan fingerprint density at radius 3 is 2.22 bits per heavy atom. The molecule has 0 atom stereocenters. The lowest BCUT2D eigenvalue weighted by atomic mass is 9.88. The third-order valence-electron chi connectivity index (χ3n) is 6.03. The summed E-state index contributed by atoms with van der Waals surface area (Å²) in [4.78, 5) is 21.5. The van der Waals surface area contributed by atoms with Gasteiger partial charge in [0, 0.05) is 43.5 Å². The normalized spacial score (nSPS) is 15.6. The molecule has 1 aliphatic heterocycles. The van der Waals surface area contributed by atoms with Crippen LogP contribution in [0, 0.1) is 11.2 Å². The van der Waals surface area contributed by atoms with Gasteiger partial charge in [-0.25, -0.2) is 17.8 Å². The summed E-state index contributed by atoms with van der Waals surface area (Å²) in [6.07, 6.45) is 3.64. The van der Waals surface area contributed by atoms with Gasteiger partial charge in [-0.2, -0.15) is 4.31 Å². The van der Waals surface area contributed by atoms with Crippen molar-refractivity contribution in [3.63, 3.8) is 0 Å². The largest absolute Gasteiger partial charge is 0.354 e. The zero-order valence-electron chi connectivity index (χ0n) is 19.1. The first kappa shape index (κ1) is 24.1. The van der Waals surface area contributed by atoms with E-state index in [1.54, 1.807) is 23.2 Å². The molecule has 3 rings (SSSR count). The van der Waals surface area contributed by atoms with Crippen molar-refractivity contribution in [3.8, 4) is 0 Å². The highest BCUT2D eigenvalue weighted by molar-refractivity contribution is 7.88. The van der Waals surface area contributed by atoms with Gasteiger partial charge < -0.3 is 9.80 Å². The van der Waals surface area contributed by atoms with Crippen LogP contribution in [-0.4, -0.2) is 56.0 Å². The fourth-order valence-corrected chi connectivity index (χ4v) is 4.37. The van der Waals surface area contributed by atoms with Crippen molar-refractivity contribution in [2.75, 3.05) is 42.2 Å². The van der Waals surface area contributed by atoms with Crippen LogP contribution in [0.25, 0.3) is 0 Å². The SMILES string of the molecule is CCC(C)(C)C(=O)N(Cc1ccc(N2CCN(S(C)(=O)=O)CC2)nc1)c1ccc(F)cc1.